The predicted octanol–water partition coefficient (Wildman–Crippen LogP) is 5.47. The Balaban J connectivity index is 1.97. The van der Waals surface area contributed by atoms with Crippen molar-refractivity contribution in [1.82, 2.24) is 0 Å². The van der Waals surface area contributed by atoms with Crippen LogP contribution in [0.2, 0.25) is 15.1 Å². The molecule has 1 heterocycles. The quantitative estimate of drug-likeness (QED) is 0.659. The number of carbonyl (C=O) groups excluding carboxylic acids is 1. The number of hydrogen-bond acceptors (Lipinski definition) is 3. The summed E-state index contributed by atoms with van der Waals surface area (Å²) in [6.45, 7) is 6.03. The average molecular weight is 460 g/mol. The van der Waals surface area contributed by atoms with Crippen LogP contribution in [0.25, 0.3) is 5.57 Å². The van der Waals surface area contributed by atoms with Gasteiger partial charge in [0.1, 0.15) is 0 Å². The minimum absolute atomic E-state index is 0.0432. The molecule has 2 aromatic carbocycles. The average Bonchev–Trinajstić information content (AvgIpc) is 2.95. The fraction of sp³-hybridized carbons (Fsp3) is 0.211. The van der Waals surface area contributed by atoms with Crippen molar-refractivity contribution < 1.29 is 13.2 Å². The van der Waals surface area contributed by atoms with Gasteiger partial charge in [0.25, 0.3) is 5.91 Å². The molecule has 0 unspecified atom stereocenters. The molecule has 0 spiro atoms. The highest BCUT2D eigenvalue weighted by atomic mass is 35.5. The summed E-state index contributed by atoms with van der Waals surface area (Å²) >= 11 is 18.5. The van der Waals surface area contributed by atoms with Gasteiger partial charge in [0.15, 0.2) is 0 Å². The number of anilines is 2. The number of sulfonamides is 1. The lowest BCUT2D eigenvalue weighted by molar-refractivity contribution is 0.102. The maximum absolute atomic E-state index is 12.8. The number of allylic oxidation sites excluding steroid dienone is 1. The van der Waals surface area contributed by atoms with E-state index in [1.54, 1.807) is 18.2 Å². The van der Waals surface area contributed by atoms with Gasteiger partial charge in [-0.3, -0.25) is 9.10 Å². The molecule has 0 radical (unpaired) electrons. The molecule has 0 aromatic heterocycles. The third kappa shape index (κ3) is 4.30. The maximum Gasteiger partial charge on any atom is 0.257 e. The number of hydrogen-bond donors (Lipinski definition) is 1. The number of nitrogens with one attached hydrogen (secondary N) is 1. The molecule has 2 aromatic rings. The number of rotatable bonds is 4. The molecule has 0 bridgehead atoms. The first-order valence-corrected chi connectivity index (χ1v) is 11.1. The molecular formula is C19H17Cl3N2O3S. The van der Waals surface area contributed by atoms with Crippen LogP contribution in [0.5, 0.6) is 0 Å². The van der Waals surface area contributed by atoms with Crippen molar-refractivity contribution in [2.75, 3.05) is 21.9 Å². The molecule has 1 saturated heterocycles. The molecular weight excluding hydrogens is 443 g/mol. The van der Waals surface area contributed by atoms with Crippen LogP contribution < -0.4 is 9.62 Å². The van der Waals surface area contributed by atoms with Gasteiger partial charge in [0.05, 0.1) is 27.0 Å². The van der Waals surface area contributed by atoms with Crippen LogP contribution in [-0.2, 0) is 10.0 Å². The Bertz CT molecular complexity index is 1080. The highest BCUT2D eigenvalue weighted by Crippen LogP contribution is 2.35. The molecule has 0 aliphatic carbocycles. The summed E-state index contributed by atoms with van der Waals surface area (Å²) in [5.74, 6) is -0.471. The molecule has 148 valence electrons. The number of carbonyl (C=O) groups is 1. The Morgan fingerprint density at radius 3 is 2.46 bits per heavy atom. The Hall–Kier alpha value is -1.73. The molecule has 5 nitrogen and oxygen atoms in total. The van der Waals surface area contributed by atoms with Crippen LogP contribution >= 0.6 is 34.8 Å². The molecule has 9 heteroatoms. The smallest absolute Gasteiger partial charge is 0.257 e. The van der Waals surface area contributed by atoms with E-state index in [9.17, 15) is 13.2 Å². The van der Waals surface area contributed by atoms with Crippen LogP contribution in [0.3, 0.4) is 0 Å². The summed E-state index contributed by atoms with van der Waals surface area (Å²) < 4.78 is 25.6. The van der Waals surface area contributed by atoms with Gasteiger partial charge in [-0.2, -0.15) is 0 Å². The van der Waals surface area contributed by atoms with Gasteiger partial charge in [-0.25, -0.2) is 8.42 Å². The highest BCUT2D eigenvalue weighted by molar-refractivity contribution is 7.93. The standard InChI is InChI=1S/C19H17Cl3N2O3S/c1-11(2)12-6-13(20)8-14(7-12)23-19(25)16-9-15(10-17(21)18(16)22)24-4-3-5-28(24,26)27/h6-10H,1,3-5H2,2H3,(H,23,25). The van der Waals surface area contributed by atoms with E-state index in [4.69, 9.17) is 34.8 Å². The van der Waals surface area contributed by atoms with Crippen LogP contribution in [0.1, 0.15) is 29.3 Å². The van der Waals surface area contributed by atoms with Crippen LogP contribution in [0.4, 0.5) is 11.4 Å². The first kappa shape index (κ1) is 21.0. The first-order chi connectivity index (χ1) is 13.1. The molecule has 1 fully saturated rings. The predicted molar refractivity (Wildman–Crippen MR) is 116 cm³/mol. The van der Waals surface area contributed by atoms with Gasteiger partial charge in [0, 0.05) is 17.3 Å². The summed E-state index contributed by atoms with van der Waals surface area (Å²) in [4.78, 5) is 12.8. The van der Waals surface area contributed by atoms with Gasteiger partial charge >= 0.3 is 0 Å². The van der Waals surface area contributed by atoms with E-state index < -0.39 is 15.9 Å². The lowest BCUT2D eigenvalue weighted by Crippen LogP contribution is -2.25. The van der Waals surface area contributed by atoms with Crippen molar-refractivity contribution in [2.45, 2.75) is 13.3 Å². The van der Waals surface area contributed by atoms with E-state index in [0.717, 1.165) is 11.1 Å². The van der Waals surface area contributed by atoms with Crippen molar-refractivity contribution >= 4 is 67.7 Å². The highest BCUT2D eigenvalue weighted by Gasteiger charge is 2.30. The molecule has 1 N–H and O–H groups in total. The largest absolute Gasteiger partial charge is 0.322 e. The van der Waals surface area contributed by atoms with Gasteiger partial charge in [-0.15, -0.1) is 0 Å². The maximum atomic E-state index is 12.8. The van der Waals surface area contributed by atoms with Crippen LogP contribution in [0.15, 0.2) is 36.9 Å². The van der Waals surface area contributed by atoms with Crippen molar-refractivity contribution in [3.05, 3.63) is 63.1 Å². The molecule has 1 amide bonds. The fourth-order valence-electron chi connectivity index (χ4n) is 2.92. The Kier molecular flexibility index (Phi) is 5.96. The van der Waals surface area contributed by atoms with E-state index in [0.29, 0.717) is 29.4 Å². The summed E-state index contributed by atoms with van der Waals surface area (Å²) in [5, 5.41) is 3.31. The third-order valence-corrected chi connectivity index (χ3v) is 7.18. The van der Waals surface area contributed by atoms with Gasteiger partial charge in [0.2, 0.25) is 10.0 Å². The second-order valence-corrected chi connectivity index (χ2v) is 9.73. The molecule has 28 heavy (non-hydrogen) atoms. The van der Waals surface area contributed by atoms with E-state index in [2.05, 4.69) is 11.9 Å². The minimum Gasteiger partial charge on any atom is -0.322 e. The van der Waals surface area contributed by atoms with Crippen molar-refractivity contribution in [2.24, 2.45) is 0 Å². The Morgan fingerprint density at radius 1 is 1.14 bits per heavy atom. The zero-order chi connectivity index (χ0) is 20.6. The van der Waals surface area contributed by atoms with Crippen molar-refractivity contribution in [1.29, 1.82) is 0 Å². The SMILES string of the molecule is C=C(C)c1cc(Cl)cc(NC(=O)c2cc(N3CCCS3(=O)=O)cc(Cl)c2Cl)c1. The third-order valence-electron chi connectivity index (χ3n) is 4.29. The van der Waals surface area contributed by atoms with E-state index in [1.807, 2.05) is 6.92 Å². The Labute approximate surface area is 178 Å². The zero-order valence-electron chi connectivity index (χ0n) is 14.9. The molecule has 0 atom stereocenters. The molecule has 3 rings (SSSR count). The summed E-state index contributed by atoms with van der Waals surface area (Å²) in [6, 6.07) is 7.94. The second kappa shape index (κ2) is 7.95. The van der Waals surface area contributed by atoms with Crippen LogP contribution in [0, 0.1) is 0 Å². The summed E-state index contributed by atoms with van der Waals surface area (Å²) in [6.07, 6.45) is 0.510. The molecule has 1 aliphatic heterocycles. The van der Waals surface area contributed by atoms with E-state index in [1.165, 1.54) is 16.4 Å². The summed E-state index contributed by atoms with van der Waals surface area (Å²) in [5.41, 5.74) is 2.42. The Morgan fingerprint density at radius 2 is 1.86 bits per heavy atom. The van der Waals surface area contributed by atoms with Crippen molar-refractivity contribution in [3.8, 4) is 0 Å². The van der Waals surface area contributed by atoms with Gasteiger partial charge in [-0.05, 0) is 49.2 Å². The van der Waals surface area contributed by atoms with Gasteiger partial charge in [-0.1, -0.05) is 47.0 Å². The fourth-order valence-corrected chi connectivity index (χ4v) is 5.11. The number of amides is 1. The molecule has 1 aliphatic rings. The normalized spacial score (nSPS) is 15.5. The van der Waals surface area contributed by atoms with Crippen LogP contribution in [-0.4, -0.2) is 26.6 Å². The van der Waals surface area contributed by atoms with E-state index >= 15 is 0 Å². The zero-order valence-corrected chi connectivity index (χ0v) is 18.0. The lowest BCUT2D eigenvalue weighted by Gasteiger charge is -2.19. The topological polar surface area (TPSA) is 66.5 Å². The number of nitrogens with zero attached hydrogens (tertiary/aromatic N) is 1. The van der Waals surface area contributed by atoms with Gasteiger partial charge < -0.3 is 5.32 Å². The minimum atomic E-state index is -3.42. The van der Waals surface area contributed by atoms with E-state index in [-0.39, 0.29) is 21.4 Å². The lowest BCUT2D eigenvalue weighted by atomic mass is 10.1. The number of halogens is 3. The first-order valence-electron chi connectivity index (χ1n) is 8.36. The van der Waals surface area contributed by atoms with Crippen molar-refractivity contribution in [3.63, 3.8) is 0 Å². The summed E-state index contributed by atoms with van der Waals surface area (Å²) in [7, 11) is -3.42. The molecule has 0 saturated carbocycles. The monoisotopic (exact) mass is 458 g/mol. The second-order valence-electron chi connectivity index (χ2n) is 6.49. The number of benzene rings is 2.